The highest BCUT2D eigenvalue weighted by atomic mass is 16.2. The maximum Gasteiger partial charge on any atom is 0.253 e. The third kappa shape index (κ3) is 3.35. The van der Waals surface area contributed by atoms with E-state index in [0.29, 0.717) is 0 Å². The standard InChI is InChI=1S/C16H24N2O/c1-12-5-6-14(9-13(12)2)15(19)18-8-7-17-10-16(3,4)11-18/h5-6,9,17H,7-8,10-11H2,1-4H3. The van der Waals surface area contributed by atoms with Gasteiger partial charge in [0, 0.05) is 31.7 Å². The number of hydrogen-bond acceptors (Lipinski definition) is 2. The van der Waals surface area contributed by atoms with E-state index >= 15 is 0 Å². The smallest absolute Gasteiger partial charge is 0.253 e. The number of hydrogen-bond donors (Lipinski definition) is 1. The molecule has 104 valence electrons. The molecule has 3 nitrogen and oxygen atoms in total. The fourth-order valence-electron chi connectivity index (χ4n) is 2.52. The molecule has 1 aromatic rings. The Balaban J connectivity index is 2.20. The fourth-order valence-corrected chi connectivity index (χ4v) is 2.52. The normalized spacial score (nSPS) is 19.1. The minimum atomic E-state index is 0.131. The van der Waals surface area contributed by atoms with Crippen molar-refractivity contribution in [1.82, 2.24) is 10.2 Å². The summed E-state index contributed by atoms with van der Waals surface area (Å²) in [4.78, 5) is 14.6. The number of amides is 1. The van der Waals surface area contributed by atoms with Crippen molar-refractivity contribution >= 4 is 5.91 Å². The van der Waals surface area contributed by atoms with Gasteiger partial charge in [-0.2, -0.15) is 0 Å². The Morgan fingerprint density at radius 1 is 1.26 bits per heavy atom. The van der Waals surface area contributed by atoms with Crippen LogP contribution in [0.4, 0.5) is 0 Å². The number of aryl methyl sites for hydroxylation is 2. The molecule has 0 bridgehead atoms. The van der Waals surface area contributed by atoms with Crippen LogP contribution >= 0.6 is 0 Å². The van der Waals surface area contributed by atoms with Crippen LogP contribution in [0.2, 0.25) is 0 Å². The van der Waals surface area contributed by atoms with Gasteiger partial charge in [0.15, 0.2) is 0 Å². The SMILES string of the molecule is Cc1ccc(C(=O)N2CCNCC(C)(C)C2)cc1C. The van der Waals surface area contributed by atoms with Crippen LogP contribution in [0.25, 0.3) is 0 Å². The van der Waals surface area contributed by atoms with Crippen LogP contribution in [-0.2, 0) is 0 Å². The molecule has 1 aliphatic heterocycles. The van der Waals surface area contributed by atoms with Crippen LogP contribution in [0.1, 0.15) is 35.3 Å². The summed E-state index contributed by atoms with van der Waals surface area (Å²) in [6, 6.07) is 5.97. The van der Waals surface area contributed by atoms with E-state index in [1.165, 1.54) is 11.1 Å². The Morgan fingerprint density at radius 2 is 2.00 bits per heavy atom. The quantitative estimate of drug-likeness (QED) is 0.841. The highest BCUT2D eigenvalue weighted by Gasteiger charge is 2.27. The molecular weight excluding hydrogens is 236 g/mol. The Bertz CT molecular complexity index is 480. The number of carbonyl (C=O) groups is 1. The molecule has 1 fully saturated rings. The molecule has 0 atom stereocenters. The second-order valence-electron chi connectivity index (χ2n) is 6.37. The van der Waals surface area contributed by atoms with Gasteiger partial charge in [0.05, 0.1) is 0 Å². The molecule has 0 aromatic heterocycles. The van der Waals surface area contributed by atoms with Crippen molar-refractivity contribution in [3.63, 3.8) is 0 Å². The summed E-state index contributed by atoms with van der Waals surface area (Å²) in [6.45, 7) is 12.0. The first-order valence-electron chi connectivity index (χ1n) is 6.96. The van der Waals surface area contributed by atoms with Crippen molar-refractivity contribution < 1.29 is 4.79 Å². The largest absolute Gasteiger partial charge is 0.337 e. The molecule has 1 N–H and O–H groups in total. The third-order valence-electron chi connectivity index (χ3n) is 3.82. The summed E-state index contributed by atoms with van der Waals surface area (Å²) in [5.41, 5.74) is 3.35. The maximum absolute atomic E-state index is 12.6. The van der Waals surface area contributed by atoms with E-state index < -0.39 is 0 Å². The molecule has 1 amide bonds. The molecule has 0 aliphatic carbocycles. The first-order chi connectivity index (χ1) is 8.89. The number of rotatable bonds is 1. The monoisotopic (exact) mass is 260 g/mol. The minimum Gasteiger partial charge on any atom is -0.337 e. The highest BCUT2D eigenvalue weighted by molar-refractivity contribution is 5.94. The lowest BCUT2D eigenvalue weighted by molar-refractivity contribution is 0.0716. The number of nitrogens with one attached hydrogen (secondary N) is 1. The molecule has 3 heteroatoms. The van der Waals surface area contributed by atoms with Gasteiger partial charge in [-0.15, -0.1) is 0 Å². The van der Waals surface area contributed by atoms with Gasteiger partial charge in [0.2, 0.25) is 0 Å². The third-order valence-corrected chi connectivity index (χ3v) is 3.82. The van der Waals surface area contributed by atoms with Crippen molar-refractivity contribution in [2.75, 3.05) is 26.2 Å². The Hall–Kier alpha value is -1.35. The van der Waals surface area contributed by atoms with Crippen molar-refractivity contribution in [2.45, 2.75) is 27.7 Å². The number of carbonyl (C=O) groups excluding carboxylic acids is 1. The Morgan fingerprint density at radius 3 is 2.68 bits per heavy atom. The molecule has 1 aliphatic rings. The predicted octanol–water partition coefficient (Wildman–Crippen LogP) is 2.38. The van der Waals surface area contributed by atoms with Gasteiger partial charge in [0.1, 0.15) is 0 Å². The fraction of sp³-hybridized carbons (Fsp3) is 0.562. The van der Waals surface area contributed by atoms with Crippen LogP contribution in [0, 0.1) is 19.3 Å². The lowest BCUT2D eigenvalue weighted by atomic mass is 9.93. The van der Waals surface area contributed by atoms with Crippen LogP contribution in [-0.4, -0.2) is 37.0 Å². The average molecular weight is 260 g/mol. The summed E-state index contributed by atoms with van der Waals surface area (Å²) in [7, 11) is 0. The van der Waals surface area contributed by atoms with E-state index in [-0.39, 0.29) is 11.3 Å². The van der Waals surface area contributed by atoms with Gasteiger partial charge in [-0.1, -0.05) is 19.9 Å². The molecule has 0 unspecified atom stereocenters. The van der Waals surface area contributed by atoms with Gasteiger partial charge in [0.25, 0.3) is 5.91 Å². The van der Waals surface area contributed by atoms with E-state index in [2.05, 4.69) is 33.0 Å². The van der Waals surface area contributed by atoms with E-state index in [1.54, 1.807) is 0 Å². The molecule has 0 radical (unpaired) electrons. The Labute approximate surface area is 116 Å². The topological polar surface area (TPSA) is 32.3 Å². The molecule has 2 rings (SSSR count). The van der Waals surface area contributed by atoms with Gasteiger partial charge in [-0.25, -0.2) is 0 Å². The molecule has 1 heterocycles. The second-order valence-corrected chi connectivity index (χ2v) is 6.37. The van der Waals surface area contributed by atoms with E-state index in [9.17, 15) is 4.79 Å². The zero-order valence-corrected chi connectivity index (χ0v) is 12.4. The Kier molecular flexibility index (Phi) is 3.95. The van der Waals surface area contributed by atoms with Gasteiger partial charge < -0.3 is 10.2 Å². The van der Waals surface area contributed by atoms with E-state index in [0.717, 1.165) is 31.7 Å². The predicted molar refractivity (Wildman–Crippen MR) is 78.5 cm³/mol. The van der Waals surface area contributed by atoms with Gasteiger partial charge >= 0.3 is 0 Å². The van der Waals surface area contributed by atoms with Crippen LogP contribution in [0.5, 0.6) is 0 Å². The van der Waals surface area contributed by atoms with Crippen molar-refractivity contribution in [3.05, 3.63) is 34.9 Å². The molecule has 19 heavy (non-hydrogen) atoms. The first kappa shape index (κ1) is 14.1. The molecular formula is C16H24N2O. The van der Waals surface area contributed by atoms with Crippen molar-refractivity contribution in [2.24, 2.45) is 5.41 Å². The summed E-state index contributed by atoms with van der Waals surface area (Å²) < 4.78 is 0. The highest BCUT2D eigenvalue weighted by Crippen LogP contribution is 2.20. The van der Waals surface area contributed by atoms with E-state index in [1.807, 2.05) is 23.1 Å². The average Bonchev–Trinajstić information content (AvgIpc) is 2.53. The lowest BCUT2D eigenvalue weighted by Crippen LogP contribution is -2.39. The van der Waals surface area contributed by atoms with Crippen molar-refractivity contribution in [3.8, 4) is 0 Å². The minimum absolute atomic E-state index is 0.131. The van der Waals surface area contributed by atoms with Crippen molar-refractivity contribution in [1.29, 1.82) is 0 Å². The number of benzene rings is 1. The zero-order valence-electron chi connectivity index (χ0n) is 12.4. The molecule has 0 spiro atoms. The lowest BCUT2D eigenvalue weighted by Gasteiger charge is -2.29. The van der Waals surface area contributed by atoms with Crippen LogP contribution in [0.3, 0.4) is 0 Å². The zero-order chi connectivity index (χ0) is 14.0. The summed E-state index contributed by atoms with van der Waals surface area (Å²) in [5.74, 6) is 0.153. The summed E-state index contributed by atoms with van der Waals surface area (Å²) in [6.07, 6.45) is 0. The maximum atomic E-state index is 12.6. The van der Waals surface area contributed by atoms with Gasteiger partial charge in [-0.05, 0) is 42.5 Å². The molecule has 1 aromatic carbocycles. The van der Waals surface area contributed by atoms with Gasteiger partial charge in [-0.3, -0.25) is 4.79 Å². The van der Waals surface area contributed by atoms with Crippen LogP contribution < -0.4 is 5.32 Å². The first-order valence-corrected chi connectivity index (χ1v) is 6.96. The number of nitrogens with zero attached hydrogens (tertiary/aromatic N) is 1. The second kappa shape index (κ2) is 5.33. The van der Waals surface area contributed by atoms with E-state index in [4.69, 9.17) is 0 Å². The summed E-state index contributed by atoms with van der Waals surface area (Å²) in [5, 5.41) is 3.40. The molecule has 1 saturated heterocycles. The molecule has 0 saturated carbocycles. The summed E-state index contributed by atoms with van der Waals surface area (Å²) >= 11 is 0. The van der Waals surface area contributed by atoms with Crippen LogP contribution in [0.15, 0.2) is 18.2 Å².